The highest BCUT2D eigenvalue weighted by Gasteiger charge is 2.05. The molecule has 0 unspecified atom stereocenters. The number of fused-ring (bicyclic) bond motifs is 2. The number of aromatic amines is 2. The Morgan fingerprint density at radius 3 is 2.62 bits per heavy atom. The van der Waals surface area contributed by atoms with Crippen molar-refractivity contribution < 1.29 is 0 Å². The van der Waals surface area contributed by atoms with E-state index in [9.17, 15) is 0 Å². The van der Waals surface area contributed by atoms with Gasteiger partial charge >= 0.3 is 0 Å². The molecular weight excluding hydrogens is 475 g/mol. The summed E-state index contributed by atoms with van der Waals surface area (Å²) < 4.78 is 0. The van der Waals surface area contributed by atoms with Gasteiger partial charge in [-0.1, -0.05) is 24.3 Å². The van der Waals surface area contributed by atoms with E-state index in [-0.39, 0.29) is 24.0 Å². The largest absolute Gasteiger partial charge is 0.361 e. The van der Waals surface area contributed by atoms with Crippen molar-refractivity contribution in [2.24, 2.45) is 4.99 Å². The summed E-state index contributed by atoms with van der Waals surface area (Å²) >= 11 is 0. The van der Waals surface area contributed by atoms with Gasteiger partial charge in [0.25, 0.3) is 0 Å². The molecule has 0 aliphatic carbocycles. The first kappa shape index (κ1) is 21.2. The lowest BCUT2D eigenvalue weighted by atomic mass is 10.1. The van der Waals surface area contributed by atoms with Crippen molar-refractivity contribution in [2.45, 2.75) is 19.8 Å². The number of benzene rings is 2. The maximum atomic E-state index is 4.61. The standard InChI is InChI=1S/C22H26N6.HI/c1-15-7-8-17-16(14-26-20(17)13-15)9-11-24-22(23-2)25-12-10-21-27-18-5-3-4-6-19(18)28-21;/h3-8,13-14,26H,9-12H2,1-2H3,(H,27,28)(H2,23,24,25);1H. The van der Waals surface area contributed by atoms with Crippen LogP contribution in [0.1, 0.15) is 17.0 Å². The van der Waals surface area contributed by atoms with Gasteiger partial charge in [0, 0.05) is 43.7 Å². The predicted octanol–water partition coefficient (Wildman–Crippen LogP) is 3.92. The molecule has 0 amide bonds. The average molecular weight is 502 g/mol. The molecule has 0 aliphatic rings. The van der Waals surface area contributed by atoms with E-state index in [2.05, 4.69) is 61.9 Å². The van der Waals surface area contributed by atoms with Gasteiger partial charge in [0.05, 0.1) is 11.0 Å². The molecule has 0 spiro atoms. The Balaban J connectivity index is 0.00000240. The summed E-state index contributed by atoms with van der Waals surface area (Å²) in [6, 6.07) is 14.6. The van der Waals surface area contributed by atoms with Crippen LogP contribution in [0.5, 0.6) is 0 Å². The van der Waals surface area contributed by atoms with E-state index < -0.39 is 0 Å². The number of guanidine groups is 1. The number of H-pyrrole nitrogens is 2. The molecule has 0 saturated heterocycles. The first-order chi connectivity index (χ1) is 13.7. The third kappa shape index (κ3) is 5.09. The lowest BCUT2D eigenvalue weighted by molar-refractivity contribution is 0.771. The minimum absolute atomic E-state index is 0. The third-order valence-electron chi connectivity index (χ3n) is 4.93. The van der Waals surface area contributed by atoms with Crippen LogP contribution < -0.4 is 10.6 Å². The highest BCUT2D eigenvalue weighted by molar-refractivity contribution is 14.0. The molecule has 4 aromatic rings. The molecule has 0 saturated carbocycles. The summed E-state index contributed by atoms with van der Waals surface area (Å²) in [4.78, 5) is 15.6. The zero-order valence-electron chi connectivity index (χ0n) is 16.7. The number of hydrogen-bond acceptors (Lipinski definition) is 2. The zero-order valence-corrected chi connectivity index (χ0v) is 19.1. The average Bonchev–Trinajstić information content (AvgIpc) is 3.30. The van der Waals surface area contributed by atoms with Crippen LogP contribution in [0.15, 0.2) is 53.7 Å². The van der Waals surface area contributed by atoms with E-state index in [4.69, 9.17) is 0 Å². The van der Waals surface area contributed by atoms with E-state index >= 15 is 0 Å². The normalized spacial score (nSPS) is 11.6. The van der Waals surface area contributed by atoms with E-state index in [0.717, 1.165) is 48.7 Å². The van der Waals surface area contributed by atoms with Gasteiger partial charge in [0.2, 0.25) is 0 Å². The van der Waals surface area contributed by atoms with Gasteiger partial charge in [-0.3, -0.25) is 4.99 Å². The van der Waals surface area contributed by atoms with Crippen LogP contribution in [-0.4, -0.2) is 41.0 Å². The number of para-hydroxylation sites is 2. The van der Waals surface area contributed by atoms with E-state index in [1.807, 2.05) is 24.3 Å². The fourth-order valence-electron chi connectivity index (χ4n) is 3.47. The number of halogens is 1. The lowest BCUT2D eigenvalue weighted by Gasteiger charge is -2.11. The summed E-state index contributed by atoms with van der Waals surface area (Å²) in [5.41, 5.74) is 5.87. The maximum absolute atomic E-state index is 4.61. The second-order valence-electron chi connectivity index (χ2n) is 6.99. The van der Waals surface area contributed by atoms with Crippen LogP contribution in [0.2, 0.25) is 0 Å². The zero-order chi connectivity index (χ0) is 19.3. The molecule has 2 heterocycles. The summed E-state index contributed by atoms with van der Waals surface area (Å²) in [5.74, 6) is 1.80. The Kier molecular flexibility index (Phi) is 7.13. The quantitative estimate of drug-likeness (QED) is 0.183. The van der Waals surface area contributed by atoms with Crippen molar-refractivity contribution in [3.8, 4) is 0 Å². The van der Waals surface area contributed by atoms with E-state index in [1.54, 1.807) is 7.05 Å². The predicted molar refractivity (Wildman–Crippen MR) is 131 cm³/mol. The van der Waals surface area contributed by atoms with Crippen molar-refractivity contribution >= 4 is 51.9 Å². The maximum Gasteiger partial charge on any atom is 0.191 e. The number of imidazole rings is 1. The summed E-state index contributed by atoms with van der Waals surface area (Å²) in [6.07, 6.45) is 3.86. The second-order valence-corrected chi connectivity index (χ2v) is 6.99. The van der Waals surface area contributed by atoms with Crippen LogP contribution in [0, 0.1) is 6.92 Å². The smallest absolute Gasteiger partial charge is 0.191 e. The minimum Gasteiger partial charge on any atom is -0.361 e. The van der Waals surface area contributed by atoms with Crippen LogP contribution in [0.25, 0.3) is 21.9 Å². The number of aliphatic imine (C=N–C) groups is 1. The minimum atomic E-state index is 0. The van der Waals surface area contributed by atoms with Crippen molar-refractivity contribution in [3.63, 3.8) is 0 Å². The Morgan fingerprint density at radius 1 is 1.03 bits per heavy atom. The topological polar surface area (TPSA) is 80.9 Å². The number of nitrogens with one attached hydrogen (secondary N) is 4. The van der Waals surface area contributed by atoms with Gasteiger partial charge in [-0.05, 0) is 42.7 Å². The molecule has 2 aromatic heterocycles. The molecule has 152 valence electrons. The lowest BCUT2D eigenvalue weighted by Crippen LogP contribution is -2.39. The van der Waals surface area contributed by atoms with Crippen molar-refractivity contribution in [2.75, 3.05) is 20.1 Å². The summed E-state index contributed by atoms with van der Waals surface area (Å²) in [5, 5.41) is 8.04. The van der Waals surface area contributed by atoms with Crippen molar-refractivity contribution in [1.29, 1.82) is 0 Å². The number of aromatic nitrogens is 3. The first-order valence-corrected chi connectivity index (χ1v) is 9.67. The van der Waals surface area contributed by atoms with Crippen LogP contribution >= 0.6 is 24.0 Å². The highest BCUT2D eigenvalue weighted by atomic mass is 127. The van der Waals surface area contributed by atoms with Crippen LogP contribution in [0.3, 0.4) is 0 Å². The monoisotopic (exact) mass is 502 g/mol. The van der Waals surface area contributed by atoms with Gasteiger partial charge in [-0.2, -0.15) is 0 Å². The molecule has 6 nitrogen and oxygen atoms in total. The number of rotatable bonds is 6. The number of aryl methyl sites for hydroxylation is 1. The number of hydrogen-bond donors (Lipinski definition) is 4. The number of nitrogens with zero attached hydrogens (tertiary/aromatic N) is 2. The molecule has 0 atom stereocenters. The highest BCUT2D eigenvalue weighted by Crippen LogP contribution is 2.19. The van der Waals surface area contributed by atoms with Crippen LogP contribution in [-0.2, 0) is 12.8 Å². The summed E-state index contributed by atoms with van der Waals surface area (Å²) in [6.45, 7) is 3.71. The molecule has 29 heavy (non-hydrogen) atoms. The van der Waals surface area contributed by atoms with Gasteiger partial charge in [-0.25, -0.2) is 4.98 Å². The molecular formula is C22H27IN6. The SMILES string of the molecule is CN=C(NCCc1nc2ccccc2[nH]1)NCCc1c[nH]c2cc(C)ccc12.I. The fourth-order valence-corrected chi connectivity index (χ4v) is 3.47. The molecule has 7 heteroatoms. The van der Waals surface area contributed by atoms with Gasteiger partial charge in [-0.15, -0.1) is 24.0 Å². The third-order valence-corrected chi connectivity index (χ3v) is 4.93. The Labute approximate surface area is 187 Å². The summed E-state index contributed by atoms with van der Waals surface area (Å²) in [7, 11) is 1.80. The van der Waals surface area contributed by atoms with Crippen molar-refractivity contribution in [1.82, 2.24) is 25.6 Å². The second kappa shape index (κ2) is 9.78. The van der Waals surface area contributed by atoms with Gasteiger partial charge in [0.15, 0.2) is 5.96 Å². The Bertz CT molecular complexity index is 1080. The Hall–Kier alpha value is -2.55. The Morgan fingerprint density at radius 2 is 1.83 bits per heavy atom. The van der Waals surface area contributed by atoms with Crippen LogP contribution in [0.4, 0.5) is 0 Å². The molecule has 0 aliphatic heterocycles. The van der Waals surface area contributed by atoms with Gasteiger partial charge < -0.3 is 20.6 Å². The molecule has 0 radical (unpaired) electrons. The molecule has 0 fully saturated rings. The van der Waals surface area contributed by atoms with E-state index in [1.165, 1.54) is 22.0 Å². The first-order valence-electron chi connectivity index (χ1n) is 9.67. The molecule has 0 bridgehead atoms. The molecule has 4 rings (SSSR count). The van der Waals surface area contributed by atoms with Crippen molar-refractivity contribution in [3.05, 3.63) is 65.6 Å². The van der Waals surface area contributed by atoms with Gasteiger partial charge in [0.1, 0.15) is 5.82 Å². The molecule has 4 N–H and O–H groups in total. The molecule has 2 aromatic carbocycles. The van der Waals surface area contributed by atoms with E-state index in [0.29, 0.717) is 0 Å². The fraction of sp³-hybridized carbons (Fsp3) is 0.273.